The number of aliphatic hydroxyl groups excluding tert-OH is 2. The van der Waals surface area contributed by atoms with Crippen LogP contribution < -0.4 is 20.4 Å². The van der Waals surface area contributed by atoms with E-state index in [1.807, 2.05) is 65.7 Å². The van der Waals surface area contributed by atoms with Crippen LogP contribution in [0.5, 0.6) is 0 Å². The van der Waals surface area contributed by atoms with Crippen molar-refractivity contribution in [1.29, 1.82) is 0 Å². The average Bonchev–Trinajstić information content (AvgIpc) is 1.59. The van der Waals surface area contributed by atoms with Gasteiger partial charge in [0.25, 0.3) is 11.8 Å². The summed E-state index contributed by atoms with van der Waals surface area (Å²) in [5.41, 5.74) is 1.24. The zero-order chi connectivity index (χ0) is 85.7. The molecule has 34 heteroatoms. The molecular weight excluding hydrogens is 1530 g/mol. The maximum atomic E-state index is 14.2. The predicted octanol–water partition coefficient (Wildman–Crippen LogP) is 7.70. The van der Waals surface area contributed by atoms with Gasteiger partial charge in [-0.3, -0.25) is 57.5 Å². The minimum atomic E-state index is -3.89. The number of fused-ring (bicyclic) bond motifs is 2. The second-order valence-electron chi connectivity index (χ2n) is 28.7. The molecule has 32 nitrogen and oxygen atoms in total. The Morgan fingerprint density at radius 1 is 0.421 bits per heavy atom. The summed E-state index contributed by atoms with van der Waals surface area (Å²) in [6.45, 7) is 16.4. The summed E-state index contributed by atoms with van der Waals surface area (Å²) in [4.78, 5) is 154. The van der Waals surface area contributed by atoms with E-state index in [1.54, 1.807) is 72.8 Å². The first kappa shape index (κ1) is 94.5. The quantitative estimate of drug-likeness (QED) is 0.0257. The fourth-order valence-corrected chi connectivity index (χ4v) is 18.8. The van der Waals surface area contributed by atoms with Gasteiger partial charge in [0.2, 0.25) is 12.2 Å². The van der Waals surface area contributed by atoms with Crippen molar-refractivity contribution >= 4 is 114 Å². The van der Waals surface area contributed by atoms with Gasteiger partial charge < -0.3 is 78.0 Å². The maximum Gasteiger partial charge on any atom is 0.303 e. The molecule has 0 saturated carbocycles. The highest BCUT2D eigenvalue weighted by Gasteiger charge is 2.53. The number of carbonyl (C=O) groups is 12. The van der Waals surface area contributed by atoms with Gasteiger partial charge in [-0.1, -0.05) is 77.6 Å². The first-order valence-corrected chi connectivity index (χ1v) is 40.5. The van der Waals surface area contributed by atoms with Gasteiger partial charge in [-0.15, -0.1) is 0 Å². The van der Waals surface area contributed by atoms with Crippen LogP contribution in [0.25, 0.3) is 0 Å². The highest BCUT2D eigenvalue weighted by atomic mass is 32.2. The minimum absolute atomic E-state index is 0.0881. The predicted molar refractivity (Wildman–Crippen MR) is 414 cm³/mol. The molecule has 2 aliphatic heterocycles. The number of sulfone groups is 2. The second kappa shape index (κ2) is 41.8. The zero-order valence-electron chi connectivity index (χ0n) is 67.7. The smallest absolute Gasteiger partial charge is 0.303 e. The summed E-state index contributed by atoms with van der Waals surface area (Å²) in [6, 6.07) is 22.7. The highest BCUT2D eigenvalue weighted by Crippen LogP contribution is 2.52. The Kier molecular flexibility index (Phi) is 34.7. The fraction of sp³-hybridized carbons (Fsp3) is 0.550. The summed E-state index contributed by atoms with van der Waals surface area (Å²) in [6.07, 6.45) is -12.8. The van der Waals surface area contributed by atoms with Crippen molar-refractivity contribution in [2.75, 3.05) is 73.3 Å². The number of hydrogen-bond acceptors (Lipinski definition) is 30. The van der Waals surface area contributed by atoms with Gasteiger partial charge in [-0.25, -0.2) is 16.8 Å². The van der Waals surface area contributed by atoms with Gasteiger partial charge in [-0.05, 0) is 109 Å². The molecule has 0 fully saturated rings. The lowest BCUT2D eigenvalue weighted by atomic mass is 9.69. The molecule has 0 aliphatic carbocycles. The molecule has 0 unspecified atom stereocenters. The summed E-state index contributed by atoms with van der Waals surface area (Å²) in [5.74, 6) is -13.9. The van der Waals surface area contributed by atoms with Crippen LogP contribution in [0.15, 0.2) is 94.7 Å². The number of anilines is 4. The third kappa shape index (κ3) is 25.5. The molecule has 2 heterocycles. The second-order valence-corrected chi connectivity index (χ2v) is 32.6. The van der Waals surface area contributed by atoms with E-state index in [2.05, 4.69) is 10.6 Å². The SMILES string of the molecule is CCCC[C@@]1(CC)CS(=O)(=O)c2ccc(N(C)C)cc2[C@H](c2cccc(NC(=O)[C@H](OC(C)=O)[C@@H](OC(C)=O)[C@H](OC(C)=O)[C@@H](COC(C)=O)OC(C)=O)c2)[C@@H]1O.CCCC[C@]1(CC)CS(=O)(=O)c2ccc(N(C)C)cc2[C@@H](c2cccc(NC(=O)[C@H](OC(C)=O)[C@@H](OC(C)=O)[C@H](OC(C)=O)[C@@H](COC(C)=O)OC(C)=O)c2)[C@H]1O. The molecule has 628 valence electrons. The summed E-state index contributed by atoms with van der Waals surface area (Å²) < 4.78 is 109. The topological polar surface area (TPSA) is 436 Å². The number of amides is 2. The van der Waals surface area contributed by atoms with Crippen molar-refractivity contribution in [3.05, 3.63) is 107 Å². The molecule has 0 spiro atoms. The van der Waals surface area contributed by atoms with Crippen LogP contribution in [-0.2, 0) is 125 Å². The molecule has 0 aromatic heterocycles. The molecule has 0 bridgehead atoms. The van der Waals surface area contributed by atoms with Gasteiger partial charge in [0.15, 0.2) is 56.3 Å². The Morgan fingerprint density at radius 2 is 0.728 bits per heavy atom. The molecule has 4 N–H and O–H groups in total. The first-order valence-electron chi connectivity index (χ1n) is 37.2. The molecule has 2 amide bonds. The number of unbranched alkanes of at least 4 members (excludes halogenated alkanes) is 2. The Labute approximate surface area is 665 Å². The molecular formula is C80H108N4O28S2. The number of hydrogen-bond donors (Lipinski definition) is 4. The largest absolute Gasteiger partial charge is 0.462 e. The fourth-order valence-electron chi connectivity index (χ4n) is 14.2. The molecule has 14 atom stereocenters. The van der Waals surface area contributed by atoms with Crippen molar-refractivity contribution in [1.82, 2.24) is 0 Å². The normalized spacial score (nSPS) is 20.5. The Balaban J connectivity index is 0.000000407. The highest BCUT2D eigenvalue weighted by molar-refractivity contribution is 7.91. The molecule has 114 heavy (non-hydrogen) atoms. The van der Waals surface area contributed by atoms with Crippen molar-refractivity contribution in [3.63, 3.8) is 0 Å². The van der Waals surface area contributed by atoms with E-state index in [4.69, 9.17) is 47.4 Å². The van der Waals surface area contributed by atoms with Crippen LogP contribution in [-0.4, -0.2) is 213 Å². The number of rotatable bonds is 34. The van der Waals surface area contributed by atoms with E-state index in [-0.39, 0.29) is 32.7 Å². The van der Waals surface area contributed by atoms with Crippen molar-refractivity contribution in [3.8, 4) is 0 Å². The molecule has 4 aromatic carbocycles. The number of nitrogens with one attached hydrogen (secondary N) is 2. The lowest BCUT2D eigenvalue weighted by Gasteiger charge is -2.39. The maximum absolute atomic E-state index is 14.2. The minimum Gasteiger partial charge on any atom is -0.462 e. The van der Waals surface area contributed by atoms with Gasteiger partial charge >= 0.3 is 59.7 Å². The summed E-state index contributed by atoms with van der Waals surface area (Å²) in [5, 5.41) is 30.1. The first-order chi connectivity index (χ1) is 53.3. The number of aliphatic hydroxyl groups is 2. The third-order valence-corrected chi connectivity index (χ3v) is 23.5. The number of ether oxygens (including phenoxy) is 10. The van der Waals surface area contributed by atoms with Crippen molar-refractivity contribution < 1.29 is 132 Å². The van der Waals surface area contributed by atoms with Gasteiger partial charge in [-0.2, -0.15) is 0 Å². The molecule has 6 rings (SSSR count). The standard InChI is InChI=1S/2C40H54N2O14S/c2*1-10-12-18-40(11-2)22-57(50,51)33-17-16-30(42(8)9)20-31(33)34(38(40)48)28-14-13-15-29(19-28)41-39(49)37(56-27(7)47)36(55-26(6)46)35(54-25(5)45)32(53-24(4)44)21-52-23(3)43/h2*13-17,19-20,32,34-38,48H,10-12,18,21-22H2,1-9H3,(H,41,49)/t32-,34+,35-,36+,37-,38+,40+;32-,34-,35-,36+,37-,38-,40-/m11/s1. The summed E-state index contributed by atoms with van der Waals surface area (Å²) in [7, 11) is -0.536. The number of esters is 10. The van der Waals surface area contributed by atoms with Gasteiger partial charge in [0, 0.05) is 143 Å². The molecule has 4 aromatic rings. The number of nitrogens with zero attached hydrogens (tertiary/aromatic N) is 2. The number of carbonyl (C=O) groups excluding carboxylic acids is 12. The van der Waals surface area contributed by atoms with Crippen LogP contribution in [0.2, 0.25) is 0 Å². The van der Waals surface area contributed by atoms with Crippen molar-refractivity contribution in [2.24, 2.45) is 10.8 Å². The molecule has 2 aliphatic rings. The zero-order valence-corrected chi connectivity index (χ0v) is 69.3. The average molecular weight is 1640 g/mol. The van der Waals surface area contributed by atoms with Crippen LogP contribution in [0.1, 0.15) is 182 Å². The lowest BCUT2D eigenvalue weighted by Crippen LogP contribution is -2.56. The summed E-state index contributed by atoms with van der Waals surface area (Å²) >= 11 is 0. The number of benzene rings is 4. The lowest BCUT2D eigenvalue weighted by molar-refractivity contribution is -0.202. The Morgan fingerprint density at radius 3 is 1.00 bits per heavy atom. The van der Waals surface area contributed by atoms with E-state index >= 15 is 0 Å². The van der Waals surface area contributed by atoms with Crippen LogP contribution >= 0.6 is 0 Å². The van der Waals surface area contributed by atoms with E-state index in [1.165, 1.54) is 12.1 Å². The Bertz CT molecular complexity index is 4100. The van der Waals surface area contributed by atoms with Crippen molar-refractivity contribution in [2.45, 2.75) is 231 Å². The Hall–Kier alpha value is -10.1. The van der Waals surface area contributed by atoms with Crippen LogP contribution in [0, 0.1) is 10.8 Å². The van der Waals surface area contributed by atoms with Gasteiger partial charge in [0.1, 0.15) is 13.2 Å². The van der Waals surface area contributed by atoms with E-state index in [9.17, 15) is 84.6 Å². The van der Waals surface area contributed by atoms with Crippen LogP contribution in [0.4, 0.5) is 22.7 Å². The van der Waals surface area contributed by atoms with E-state index < -0.39 is 188 Å². The third-order valence-electron chi connectivity index (χ3n) is 19.5. The van der Waals surface area contributed by atoms with Crippen LogP contribution in [0.3, 0.4) is 0 Å². The van der Waals surface area contributed by atoms with E-state index in [0.29, 0.717) is 72.2 Å². The van der Waals surface area contributed by atoms with E-state index in [0.717, 1.165) is 82.1 Å². The monoisotopic (exact) mass is 1640 g/mol. The van der Waals surface area contributed by atoms with Gasteiger partial charge in [0.05, 0.1) is 33.5 Å². The molecule has 0 saturated heterocycles. The molecule has 0 radical (unpaired) electrons.